The van der Waals surface area contributed by atoms with Crippen LogP contribution in [0.5, 0.6) is 0 Å². The molecule has 5 aliphatic rings. The maximum atomic E-state index is 13.4. The second-order valence-corrected chi connectivity index (χ2v) is 14.6. The van der Waals surface area contributed by atoms with E-state index < -0.39 is 0 Å². The van der Waals surface area contributed by atoms with E-state index in [-0.39, 0.29) is 45.0 Å². The number of hydrogen-bond acceptors (Lipinski definition) is 3. The molecule has 196 valence electrons. The van der Waals surface area contributed by atoms with Crippen LogP contribution in [0.15, 0.2) is 11.6 Å². The zero-order valence-electron chi connectivity index (χ0n) is 23.6. The molecule has 0 bridgehead atoms. The van der Waals surface area contributed by atoms with Crippen LogP contribution in [0.25, 0.3) is 0 Å². The van der Waals surface area contributed by atoms with Gasteiger partial charge in [0, 0.05) is 12.0 Å². The number of amides is 1. The first-order valence-electron chi connectivity index (χ1n) is 14.4. The van der Waals surface area contributed by atoms with Crippen molar-refractivity contribution in [1.29, 1.82) is 0 Å². The second-order valence-electron chi connectivity index (χ2n) is 14.6. The highest BCUT2D eigenvalue weighted by Gasteiger charge is 2.69. The van der Waals surface area contributed by atoms with Gasteiger partial charge in [0.05, 0.1) is 12.5 Å². The van der Waals surface area contributed by atoms with Gasteiger partial charge >= 0.3 is 5.97 Å². The summed E-state index contributed by atoms with van der Waals surface area (Å²) >= 11 is 0. The van der Waals surface area contributed by atoms with Crippen molar-refractivity contribution >= 4 is 11.9 Å². The number of fused-ring (bicyclic) bond motifs is 7. The third-order valence-corrected chi connectivity index (χ3v) is 13.1. The lowest BCUT2D eigenvalue weighted by Crippen LogP contribution is -2.65. The van der Waals surface area contributed by atoms with Crippen LogP contribution in [0.4, 0.5) is 0 Å². The Morgan fingerprint density at radius 1 is 0.971 bits per heavy atom. The Morgan fingerprint density at radius 3 is 2.37 bits per heavy atom. The average molecular weight is 484 g/mol. The van der Waals surface area contributed by atoms with Gasteiger partial charge in [-0.2, -0.15) is 0 Å². The molecule has 9 atom stereocenters. The summed E-state index contributed by atoms with van der Waals surface area (Å²) < 4.78 is 5.51. The Morgan fingerprint density at radius 2 is 1.69 bits per heavy atom. The number of allylic oxidation sites excluding steroid dienone is 2. The van der Waals surface area contributed by atoms with E-state index in [0.717, 1.165) is 38.5 Å². The van der Waals surface area contributed by atoms with E-state index in [0.29, 0.717) is 30.1 Å². The van der Waals surface area contributed by atoms with Gasteiger partial charge in [0.1, 0.15) is 0 Å². The fourth-order valence-electron chi connectivity index (χ4n) is 10.8. The lowest BCUT2D eigenvalue weighted by molar-refractivity contribution is -0.180. The normalized spacial score (nSPS) is 50.8. The lowest BCUT2D eigenvalue weighted by atomic mass is 9.34. The van der Waals surface area contributed by atoms with Gasteiger partial charge in [0.2, 0.25) is 5.91 Å². The molecule has 4 fully saturated rings. The molecule has 35 heavy (non-hydrogen) atoms. The molecule has 5 rings (SSSR count). The highest BCUT2D eigenvalue weighted by Crippen LogP contribution is 2.74. The molecule has 1 saturated heterocycles. The van der Waals surface area contributed by atoms with E-state index in [2.05, 4.69) is 59.9 Å². The van der Waals surface area contributed by atoms with E-state index in [1.54, 1.807) is 12.7 Å². The van der Waals surface area contributed by atoms with E-state index >= 15 is 0 Å². The van der Waals surface area contributed by atoms with Crippen LogP contribution < -0.4 is 5.32 Å². The Balaban J connectivity index is 1.62. The molecule has 1 amide bonds. The maximum Gasteiger partial charge on any atom is 0.312 e. The standard InChI is InChI=1S/C31H49NO3/c1-19-11-16-31(26(34)35-8)18-17-29(6)21(25(31)20(19)2)9-10-23-28(5)14-13-24(33)32-27(3,4)22(28)12-15-30(23,29)7/h9,19-20,22-23,25H,10-18H2,1-8H3,(H,32,33)/t19-,20+,22+,23-,25-,28+,29-,30-,31+/m1/s1. The molecule has 0 aromatic heterocycles. The van der Waals surface area contributed by atoms with Crippen molar-refractivity contribution < 1.29 is 14.3 Å². The van der Waals surface area contributed by atoms with Crippen LogP contribution >= 0.6 is 0 Å². The SMILES string of the molecule is COC(=O)[C@]12CC[C@@H](C)[C@H](C)[C@@H]1C1=CC[C@@H]3[C@@]4(C)CCC(=O)NC(C)(C)[C@@H]4CC[C@@]3(C)[C@]1(C)CC2. The zero-order chi connectivity index (χ0) is 25.6. The third-order valence-electron chi connectivity index (χ3n) is 13.1. The smallest absolute Gasteiger partial charge is 0.312 e. The minimum Gasteiger partial charge on any atom is -0.469 e. The number of methoxy groups -OCH3 is 1. The van der Waals surface area contributed by atoms with Crippen LogP contribution in [0.1, 0.15) is 106 Å². The van der Waals surface area contributed by atoms with E-state index in [1.165, 1.54) is 12.8 Å². The number of carbonyl (C=O) groups excluding carboxylic acids is 2. The van der Waals surface area contributed by atoms with Gasteiger partial charge in [-0.05, 0) is 111 Å². The first kappa shape index (κ1) is 25.3. The fraction of sp³-hybridized carbons (Fsp3) is 0.871. The van der Waals surface area contributed by atoms with Gasteiger partial charge < -0.3 is 10.1 Å². The van der Waals surface area contributed by atoms with Gasteiger partial charge in [-0.3, -0.25) is 9.59 Å². The molecule has 4 aliphatic carbocycles. The molecule has 1 N–H and O–H groups in total. The summed E-state index contributed by atoms with van der Waals surface area (Å²) in [6, 6.07) is 0. The van der Waals surface area contributed by atoms with Crippen LogP contribution in [0.3, 0.4) is 0 Å². The predicted molar refractivity (Wildman–Crippen MR) is 139 cm³/mol. The maximum absolute atomic E-state index is 13.4. The van der Waals surface area contributed by atoms with E-state index in [4.69, 9.17) is 4.74 Å². The first-order chi connectivity index (χ1) is 16.3. The Labute approximate surface area is 213 Å². The first-order valence-corrected chi connectivity index (χ1v) is 14.4. The van der Waals surface area contributed by atoms with Crippen LogP contribution in [0, 0.1) is 51.2 Å². The Kier molecular flexibility index (Phi) is 5.67. The third kappa shape index (κ3) is 3.16. The summed E-state index contributed by atoms with van der Waals surface area (Å²) in [6.45, 7) is 16.9. The van der Waals surface area contributed by atoms with Crippen molar-refractivity contribution in [2.75, 3.05) is 7.11 Å². The fourth-order valence-corrected chi connectivity index (χ4v) is 10.8. The lowest BCUT2D eigenvalue weighted by Gasteiger charge is -2.69. The van der Waals surface area contributed by atoms with Crippen LogP contribution in [-0.4, -0.2) is 24.5 Å². The molecule has 0 spiro atoms. The van der Waals surface area contributed by atoms with Crippen molar-refractivity contribution in [3.63, 3.8) is 0 Å². The van der Waals surface area contributed by atoms with Crippen molar-refractivity contribution in [1.82, 2.24) is 5.32 Å². The number of rotatable bonds is 1. The van der Waals surface area contributed by atoms with E-state index in [1.807, 2.05) is 0 Å². The molecule has 0 unspecified atom stereocenters. The minimum absolute atomic E-state index is 0.0299. The number of esters is 1. The molecule has 0 aromatic rings. The van der Waals surface area contributed by atoms with Crippen molar-refractivity contribution in [2.24, 2.45) is 51.2 Å². The molecular formula is C31H49NO3. The van der Waals surface area contributed by atoms with Gasteiger partial charge in [-0.1, -0.05) is 46.3 Å². The van der Waals surface area contributed by atoms with Gasteiger partial charge in [-0.25, -0.2) is 0 Å². The summed E-state index contributed by atoms with van der Waals surface area (Å²) in [5, 5.41) is 3.38. The summed E-state index contributed by atoms with van der Waals surface area (Å²) in [4.78, 5) is 26.1. The number of carbonyl (C=O) groups is 2. The highest BCUT2D eigenvalue weighted by molar-refractivity contribution is 5.79. The minimum atomic E-state index is -0.350. The Bertz CT molecular complexity index is 953. The molecule has 0 radical (unpaired) electrons. The molecule has 1 aliphatic heterocycles. The monoisotopic (exact) mass is 483 g/mol. The topological polar surface area (TPSA) is 55.4 Å². The van der Waals surface area contributed by atoms with Gasteiger partial charge in [-0.15, -0.1) is 0 Å². The summed E-state index contributed by atoms with van der Waals surface area (Å²) in [5.41, 5.74) is 1.45. The molecule has 3 saturated carbocycles. The highest BCUT2D eigenvalue weighted by atomic mass is 16.5. The van der Waals surface area contributed by atoms with Gasteiger partial charge in [0.15, 0.2) is 0 Å². The zero-order valence-corrected chi connectivity index (χ0v) is 23.6. The summed E-state index contributed by atoms with van der Waals surface area (Å²) in [6.07, 6.45) is 11.8. The van der Waals surface area contributed by atoms with Gasteiger partial charge in [0.25, 0.3) is 0 Å². The number of ether oxygens (including phenoxy) is 1. The van der Waals surface area contributed by atoms with Crippen molar-refractivity contribution in [3.8, 4) is 0 Å². The number of nitrogens with one attached hydrogen (secondary N) is 1. The Hall–Kier alpha value is -1.32. The molecular weight excluding hydrogens is 434 g/mol. The summed E-state index contributed by atoms with van der Waals surface area (Å²) in [5.74, 6) is 2.69. The largest absolute Gasteiger partial charge is 0.469 e. The number of hydrogen-bond donors (Lipinski definition) is 1. The molecule has 0 aromatic carbocycles. The quantitative estimate of drug-likeness (QED) is 0.334. The molecule has 1 heterocycles. The van der Waals surface area contributed by atoms with Crippen LogP contribution in [0.2, 0.25) is 0 Å². The van der Waals surface area contributed by atoms with Crippen LogP contribution in [-0.2, 0) is 14.3 Å². The predicted octanol–water partition coefficient (Wildman–Crippen LogP) is 6.69. The summed E-state index contributed by atoms with van der Waals surface area (Å²) in [7, 11) is 1.59. The molecule has 4 nitrogen and oxygen atoms in total. The average Bonchev–Trinajstić information content (AvgIpc) is 2.88. The van der Waals surface area contributed by atoms with Crippen molar-refractivity contribution in [3.05, 3.63) is 11.6 Å². The molecule has 4 heteroatoms. The van der Waals surface area contributed by atoms with E-state index in [9.17, 15) is 9.59 Å². The van der Waals surface area contributed by atoms with Crippen molar-refractivity contribution in [2.45, 2.75) is 112 Å². The second kappa shape index (κ2) is 7.84.